The Bertz CT molecular complexity index is 401. The maximum absolute atomic E-state index is 13.8. The Morgan fingerprint density at radius 1 is 1.39 bits per heavy atom. The third kappa shape index (κ3) is 4.06. The molecule has 0 N–H and O–H groups in total. The maximum Gasteiger partial charge on any atom is 0.128 e. The van der Waals surface area contributed by atoms with Crippen molar-refractivity contribution < 1.29 is 4.39 Å². The highest BCUT2D eigenvalue weighted by Crippen LogP contribution is 2.29. The molecular formula is C15H21BrFN. The lowest BCUT2D eigenvalue weighted by atomic mass is 10.1. The topological polar surface area (TPSA) is 3.24 Å². The molecule has 1 fully saturated rings. The third-order valence-electron chi connectivity index (χ3n) is 3.45. The van der Waals surface area contributed by atoms with Gasteiger partial charge in [-0.15, -0.1) is 0 Å². The Morgan fingerprint density at radius 3 is 2.67 bits per heavy atom. The van der Waals surface area contributed by atoms with Gasteiger partial charge < -0.3 is 0 Å². The van der Waals surface area contributed by atoms with Gasteiger partial charge in [-0.2, -0.15) is 0 Å². The zero-order valence-electron chi connectivity index (χ0n) is 11.1. The van der Waals surface area contributed by atoms with Crippen molar-refractivity contribution in [1.82, 2.24) is 4.90 Å². The summed E-state index contributed by atoms with van der Waals surface area (Å²) >= 11 is 3.30. The van der Waals surface area contributed by atoms with Crippen molar-refractivity contribution in [3.05, 3.63) is 34.1 Å². The molecule has 1 aliphatic carbocycles. The molecule has 18 heavy (non-hydrogen) atoms. The Balaban J connectivity index is 1.99. The fraction of sp³-hybridized carbons (Fsp3) is 0.600. The second-order valence-electron chi connectivity index (χ2n) is 5.62. The van der Waals surface area contributed by atoms with Crippen LogP contribution in [0.15, 0.2) is 22.7 Å². The Kier molecular flexibility index (Phi) is 4.79. The van der Waals surface area contributed by atoms with Crippen molar-refractivity contribution in [2.45, 2.75) is 45.7 Å². The van der Waals surface area contributed by atoms with Gasteiger partial charge in [-0.05, 0) is 43.9 Å². The second kappa shape index (κ2) is 6.16. The highest BCUT2D eigenvalue weighted by Gasteiger charge is 2.29. The zero-order valence-corrected chi connectivity index (χ0v) is 12.7. The lowest BCUT2D eigenvalue weighted by Crippen LogP contribution is -2.28. The minimum absolute atomic E-state index is 0.0976. The first-order chi connectivity index (χ1) is 8.56. The average molecular weight is 314 g/mol. The van der Waals surface area contributed by atoms with Gasteiger partial charge >= 0.3 is 0 Å². The molecule has 0 atom stereocenters. The van der Waals surface area contributed by atoms with Crippen LogP contribution in [0.25, 0.3) is 0 Å². The van der Waals surface area contributed by atoms with E-state index >= 15 is 0 Å². The summed E-state index contributed by atoms with van der Waals surface area (Å²) in [6.07, 6.45) is 3.74. The summed E-state index contributed by atoms with van der Waals surface area (Å²) in [5.74, 6) is 0.612. The average Bonchev–Trinajstić information content (AvgIpc) is 3.10. The molecule has 1 aromatic rings. The number of hydrogen-bond donors (Lipinski definition) is 0. The highest BCUT2D eigenvalue weighted by molar-refractivity contribution is 9.10. The number of benzene rings is 1. The van der Waals surface area contributed by atoms with Crippen LogP contribution in [0.4, 0.5) is 4.39 Å². The van der Waals surface area contributed by atoms with Crippen LogP contribution in [-0.2, 0) is 6.54 Å². The van der Waals surface area contributed by atoms with Crippen LogP contribution in [0.5, 0.6) is 0 Å². The van der Waals surface area contributed by atoms with Crippen LogP contribution in [0.1, 0.15) is 38.7 Å². The van der Waals surface area contributed by atoms with E-state index in [1.807, 2.05) is 12.1 Å². The second-order valence-corrected chi connectivity index (χ2v) is 6.54. The Morgan fingerprint density at radius 2 is 2.11 bits per heavy atom. The molecule has 0 radical (unpaired) electrons. The van der Waals surface area contributed by atoms with Gasteiger partial charge in [-0.25, -0.2) is 4.39 Å². The largest absolute Gasteiger partial charge is 0.296 e. The van der Waals surface area contributed by atoms with Crippen LogP contribution >= 0.6 is 15.9 Å². The van der Waals surface area contributed by atoms with E-state index in [1.54, 1.807) is 6.07 Å². The summed E-state index contributed by atoms with van der Waals surface area (Å²) in [4.78, 5) is 2.44. The van der Waals surface area contributed by atoms with Crippen LogP contribution in [0.2, 0.25) is 0 Å². The maximum atomic E-state index is 13.8. The van der Waals surface area contributed by atoms with E-state index in [-0.39, 0.29) is 5.82 Å². The van der Waals surface area contributed by atoms with E-state index in [0.29, 0.717) is 12.0 Å². The fourth-order valence-corrected chi connectivity index (χ4v) is 2.46. The summed E-state index contributed by atoms with van der Waals surface area (Å²) in [5.41, 5.74) is 0.814. The molecule has 0 heterocycles. The van der Waals surface area contributed by atoms with Gasteiger partial charge in [0.05, 0.1) is 0 Å². The van der Waals surface area contributed by atoms with E-state index in [2.05, 4.69) is 34.7 Å². The van der Waals surface area contributed by atoms with Crippen molar-refractivity contribution in [3.63, 3.8) is 0 Å². The van der Waals surface area contributed by atoms with Crippen LogP contribution in [0.3, 0.4) is 0 Å². The van der Waals surface area contributed by atoms with Crippen molar-refractivity contribution in [1.29, 1.82) is 0 Å². The third-order valence-corrected chi connectivity index (χ3v) is 3.94. The summed E-state index contributed by atoms with van der Waals surface area (Å²) in [7, 11) is 0. The first-order valence-corrected chi connectivity index (χ1v) is 7.53. The van der Waals surface area contributed by atoms with Gasteiger partial charge in [0.15, 0.2) is 0 Å². The van der Waals surface area contributed by atoms with E-state index in [1.165, 1.54) is 19.3 Å². The minimum atomic E-state index is -0.0976. The highest BCUT2D eigenvalue weighted by atomic mass is 79.9. The van der Waals surface area contributed by atoms with Crippen LogP contribution in [-0.4, -0.2) is 17.5 Å². The number of nitrogens with zero attached hydrogens (tertiary/aromatic N) is 1. The van der Waals surface area contributed by atoms with E-state index in [9.17, 15) is 4.39 Å². The van der Waals surface area contributed by atoms with Gasteiger partial charge in [-0.3, -0.25) is 4.90 Å². The van der Waals surface area contributed by atoms with E-state index in [4.69, 9.17) is 0 Å². The number of halogens is 2. The minimum Gasteiger partial charge on any atom is -0.296 e. The fourth-order valence-electron chi connectivity index (χ4n) is 2.12. The standard InChI is InChI=1S/C15H21BrFN/c1-11(2)7-8-18(14-5-6-14)10-12-3-4-13(16)9-15(12)17/h3-4,9,11,14H,5-8,10H2,1-2H3. The predicted molar refractivity (Wildman–Crippen MR) is 77.0 cm³/mol. The molecule has 1 aliphatic rings. The molecule has 2 rings (SSSR count). The normalized spacial score (nSPS) is 15.7. The van der Waals surface area contributed by atoms with Crippen molar-refractivity contribution in [3.8, 4) is 0 Å². The van der Waals surface area contributed by atoms with Crippen LogP contribution < -0.4 is 0 Å². The van der Waals surface area contributed by atoms with Gasteiger partial charge in [0, 0.05) is 22.6 Å². The molecule has 0 unspecified atom stereocenters. The van der Waals surface area contributed by atoms with Gasteiger partial charge in [0.2, 0.25) is 0 Å². The molecule has 1 saturated carbocycles. The summed E-state index contributed by atoms with van der Waals surface area (Å²) in [6, 6.07) is 6.06. The summed E-state index contributed by atoms with van der Waals surface area (Å²) in [6.45, 7) is 6.31. The molecule has 0 spiro atoms. The van der Waals surface area contributed by atoms with Gasteiger partial charge in [0.25, 0.3) is 0 Å². The molecule has 0 aromatic heterocycles. The summed E-state index contributed by atoms with van der Waals surface area (Å²) < 4.78 is 14.6. The predicted octanol–water partition coefficient (Wildman–Crippen LogP) is 4.60. The first-order valence-electron chi connectivity index (χ1n) is 6.74. The molecule has 0 bridgehead atoms. The van der Waals surface area contributed by atoms with Crippen molar-refractivity contribution >= 4 is 15.9 Å². The lowest BCUT2D eigenvalue weighted by Gasteiger charge is -2.23. The molecule has 0 aliphatic heterocycles. The SMILES string of the molecule is CC(C)CCN(Cc1ccc(Br)cc1F)C1CC1. The van der Waals surface area contributed by atoms with Crippen LogP contribution in [0, 0.1) is 11.7 Å². The molecule has 3 heteroatoms. The van der Waals surface area contributed by atoms with Gasteiger partial charge in [-0.1, -0.05) is 35.8 Å². The van der Waals surface area contributed by atoms with Crippen molar-refractivity contribution in [2.24, 2.45) is 5.92 Å². The van der Waals surface area contributed by atoms with E-state index in [0.717, 1.165) is 23.1 Å². The molecule has 1 aromatic carbocycles. The molecule has 100 valence electrons. The Labute approximate surface area is 118 Å². The Hall–Kier alpha value is -0.410. The van der Waals surface area contributed by atoms with Crippen molar-refractivity contribution in [2.75, 3.05) is 6.54 Å². The lowest BCUT2D eigenvalue weighted by molar-refractivity contribution is 0.236. The molecule has 0 amide bonds. The first kappa shape index (κ1) is 14.0. The number of rotatable bonds is 6. The molecule has 1 nitrogen and oxygen atoms in total. The molecular weight excluding hydrogens is 293 g/mol. The summed E-state index contributed by atoms with van der Waals surface area (Å²) in [5, 5.41) is 0. The zero-order chi connectivity index (χ0) is 13.1. The monoisotopic (exact) mass is 313 g/mol. The smallest absolute Gasteiger partial charge is 0.128 e. The quantitative estimate of drug-likeness (QED) is 0.742. The molecule has 0 saturated heterocycles. The van der Waals surface area contributed by atoms with E-state index < -0.39 is 0 Å². The van der Waals surface area contributed by atoms with Gasteiger partial charge in [0.1, 0.15) is 5.82 Å². The number of hydrogen-bond acceptors (Lipinski definition) is 1.